The van der Waals surface area contributed by atoms with Gasteiger partial charge in [-0.15, -0.1) is 0 Å². The van der Waals surface area contributed by atoms with Crippen molar-refractivity contribution in [1.82, 2.24) is 10.2 Å². The Kier molecular flexibility index (Phi) is 4.51. The van der Waals surface area contributed by atoms with Crippen LogP contribution in [0, 0.1) is 5.41 Å². The number of rotatable bonds is 3. The van der Waals surface area contributed by atoms with Crippen molar-refractivity contribution in [2.75, 3.05) is 19.6 Å². The van der Waals surface area contributed by atoms with Gasteiger partial charge in [0.2, 0.25) is 11.8 Å². The van der Waals surface area contributed by atoms with E-state index in [1.54, 1.807) is 4.90 Å². The smallest absolute Gasteiger partial charge is 0.225 e. The summed E-state index contributed by atoms with van der Waals surface area (Å²) < 4.78 is 0. The Labute approximate surface area is 102 Å². The highest BCUT2D eigenvalue weighted by atomic mass is 16.3. The van der Waals surface area contributed by atoms with E-state index in [0.717, 1.165) is 0 Å². The van der Waals surface area contributed by atoms with Crippen LogP contribution in [-0.2, 0) is 9.59 Å². The molecule has 1 atom stereocenters. The highest BCUT2D eigenvalue weighted by Gasteiger charge is 2.25. The molecule has 0 unspecified atom stereocenters. The first-order valence-corrected chi connectivity index (χ1v) is 6.05. The Balaban J connectivity index is 2.23. The van der Waals surface area contributed by atoms with Crippen LogP contribution in [0.25, 0.3) is 0 Å². The van der Waals surface area contributed by atoms with E-state index >= 15 is 0 Å². The summed E-state index contributed by atoms with van der Waals surface area (Å²) in [5.41, 5.74) is -0.424. The average Bonchev–Trinajstić information content (AvgIpc) is 2.63. The molecule has 0 aromatic heterocycles. The molecule has 5 nitrogen and oxygen atoms in total. The highest BCUT2D eigenvalue weighted by Crippen LogP contribution is 2.13. The second-order valence-electron chi connectivity index (χ2n) is 5.54. The van der Waals surface area contributed by atoms with Crippen molar-refractivity contribution in [2.45, 2.75) is 39.7 Å². The molecule has 1 heterocycles. The molecule has 0 radical (unpaired) electrons. The molecular weight excluding hydrogens is 220 g/mol. The Morgan fingerprint density at radius 2 is 2.06 bits per heavy atom. The number of aliphatic hydroxyl groups is 1. The molecule has 17 heavy (non-hydrogen) atoms. The lowest BCUT2D eigenvalue weighted by molar-refractivity contribution is -0.131. The van der Waals surface area contributed by atoms with Crippen molar-refractivity contribution in [3.8, 4) is 0 Å². The van der Waals surface area contributed by atoms with Gasteiger partial charge in [0.05, 0.1) is 6.10 Å². The quantitative estimate of drug-likeness (QED) is 0.739. The van der Waals surface area contributed by atoms with Crippen LogP contribution in [0.15, 0.2) is 0 Å². The average molecular weight is 242 g/mol. The molecular formula is C12H22N2O3. The Hall–Kier alpha value is -1.10. The number of nitrogens with one attached hydrogen (secondary N) is 1. The number of hydrogen-bond acceptors (Lipinski definition) is 3. The third kappa shape index (κ3) is 4.34. The Morgan fingerprint density at radius 1 is 1.41 bits per heavy atom. The van der Waals surface area contributed by atoms with Gasteiger partial charge < -0.3 is 15.3 Å². The van der Waals surface area contributed by atoms with E-state index in [0.29, 0.717) is 32.5 Å². The molecule has 1 rings (SSSR count). The van der Waals surface area contributed by atoms with Crippen molar-refractivity contribution in [2.24, 2.45) is 5.41 Å². The molecule has 98 valence electrons. The van der Waals surface area contributed by atoms with Gasteiger partial charge in [0.25, 0.3) is 0 Å². The summed E-state index contributed by atoms with van der Waals surface area (Å²) in [5, 5.41) is 12.0. The topological polar surface area (TPSA) is 69.6 Å². The minimum absolute atomic E-state index is 0.00393. The molecule has 2 amide bonds. The molecule has 0 aromatic rings. The lowest BCUT2D eigenvalue weighted by atomic mass is 9.96. The molecule has 1 saturated heterocycles. The van der Waals surface area contributed by atoms with Gasteiger partial charge in [-0.3, -0.25) is 9.59 Å². The zero-order valence-electron chi connectivity index (χ0n) is 10.8. The summed E-state index contributed by atoms with van der Waals surface area (Å²) in [6.45, 7) is 6.91. The van der Waals surface area contributed by atoms with Crippen molar-refractivity contribution >= 4 is 11.8 Å². The van der Waals surface area contributed by atoms with Gasteiger partial charge in [-0.2, -0.15) is 0 Å². The molecule has 1 aliphatic rings. The first-order valence-electron chi connectivity index (χ1n) is 6.05. The monoisotopic (exact) mass is 242 g/mol. The largest absolute Gasteiger partial charge is 0.391 e. The highest BCUT2D eigenvalue weighted by molar-refractivity contribution is 5.82. The van der Waals surface area contributed by atoms with Crippen molar-refractivity contribution in [1.29, 1.82) is 0 Å². The first kappa shape index (κ1) is 14.0. The molecule has 1 aliphatic heterocycles. The van der Waals surface area contributed by atoms with Crippen LogP contribution < -0.4 is 5.32 Å². The predicted octanol–water partition coefficient (Wildman–Crippen LogP) is 0.132. The number of nitrogens with zero attached hydrogens (tertiary/aromatic N) is 1. The van der Waals surface area contributed by atoms with Gasteiger partial charge in [0.15, 0.2) is 0 Å². The predicted molar refractivity (Wildman–Crippen MR) is 64.3 cm³/mol. The molecule has 0 saturated carbocycles. The number of hydrogen-bond donors (Lipinski definition) is 2. The summed E-state index contributed by atoms with van der Waals surface area (Å²) >= 11 is 0. The maximum atomic E-state index is 11.7. The van der Waals surface area contributed by atoms with E-state index in [-0.39, 0.29) is 17.9 Å². The van der Waals surface area contributed by atoms with Crippen molar-refractivity contribution in [3.63, 3.8) is 0 Å². The molecule has 1 fully saturated rings. The Morgan fingerprint density at radius 3 is 2.53 bits per heavy atom. The maximum Gasteiger partial charge on any atom is 0.225 e. The summed E-state index contributed by atoms with van der Waals surface area (Å²) in [6, 6.07) is 0. The third-order valence-corrected chi connectivity index (χ3v) is 2.82. The third-order valence-electron chi connectivity index (χ3n) is 2.82. The van der Waals surface area contributed by atoms with E-state index in [1.807, 2.05) is 20.8 Å². The van der Waals surface area contributed by atoms with Crippen molar-refractivity contribution in [3.05, 3.63) is 0 Å². The molecule has 0 aliphatic carbocycles. The van der Waals surface area contributed by atoms with Gasteiger partial charge in [-0.1, -0.05) is 20.8 Å². The van der Waals surface area contributed by atoms with E-state index in [4.69, 9.17) is 0 Å². The van der Waals surface area contributed by atoms with Crippen molar-refractivity contribution < 1.29 is 14.7 Å². The lowest BCUT2D eigenvalue weighted by Crippen LogP contribution is -2.38. The standard InChI is InChI=1S/C12H22N2O3/c1-12(2,3)11(17)13-6-4-10(16)14-7-5-9(15)8-14/h9,15H,4-8H2,1-3H3,(H,13,17)/t9-/m0/s1. The van der Waals surface area contributed by atoms with Crippen LogP contribution in [0.1, 0.15) is 33.6 Å². The molecule has 0 spiro atoms. The number of amides is 2. The van der Waals surface area contributed by atoms with Crippen LogP contribution in [-0.4, -0.2) is 47.6 Å². The number of likely N-dealkylation sites (tertiary alicyclic amines) is 1. The summed E-state index contributed by atoms with van der Waals surface area (Å²) in [7, 11) is 0. The minimum Gasteiger partial charge on any atom is -0.391 e. The lowest BCUT2D eigenvalue weighted by Gasteiger charge is -2.19. The minimum atomic E-state index is -0.424. The van der Waals surface area contributed by atoms with Crippen LogP contribution >= 0.6 is 0 Å². The number of aliphatic hydroxyl groups excluding tert-OH is 1. The Bertz CT molecular complexity index is 297. The van der Waals surface area contributed by atoms with E-state index < -0.39 is 5.41 Å². The fourth-order valence-electron chi connectivity index (χ4n) is 1.67. The molecule has 5 heteroatoms. The van der Waals surface area contributed by atoms with E-state index in [1.165, 1.54) is 0 Å². The maximum absolute atomic E-state index is 11.7. The fraction of sp³-hybridized carbons (Fsp3) is 0.833. The van der Waals surface area contributed by atoms with E-state index in [2.05, 4.69) is 5.32 Å². The second kappa shape index (κ2) is 5.49. The van der Waals surface area contributed by atoms with Gasteiger partial charge >= 0.3 is 0 Å². The summed E-state index contributed by atoms with van der Waals surface area (Å²) in [4.78, 5) is 24.9. The number of β-amino-alcohol motifs (C(OH)–C–C–N with tert-alkyl or cyclic N) is 1. The van der Waals surface area contributed by atoms with E-state index in [9.17, 15) is 14.7 Å². The zero-order chi connectivity index (χ0) is 13.1. The second-order valence-corrected chi connectivity index (χ2v) is 5.54. The van der Waals surface area contributed by atoms with Gasteiger partial charge in [-0.05, 0) is 6.42 Å². The molecule has 0 aromatic carbocycles. The first-order chi connectivity index (χ1) is 7.80. The number of carbonyl (C=O) groups is 2. The number of carbonyl (C=O) groups excluding carboxylic acids is 2. The van der Waals surface area contributed by atoms with Crippen LogP contribution in [0.4, 0.5) is 0 Å². The van der Waals surface area contributed by atoms with Crippen LogP contribution in [0.5, 0.6) is 0 Å². The van der Waals surface area contributed by atoms with Gasteiger partial charge in [-0.25, -0.2) is 0 Å². The molecule has 2 N–H and O–H groups in total. The van der Waals surface area contributed by atoms with Crippen LogP contribution in [0.2, 0.25) is 0 Å². The van der Waals surface area contributed by atoms with Crippen LogP contribution in [0.3, 0.4) is 0 Å². The van der Waals surface area contributed by atoms with Gasteiger partial charge in [0, 0.05) is 31.5 Å². The normalized spacial score (nSPS) is 20.5. The van der Waals surface area contributed by atoms with Gasteiger partial charge in [0.1, 0.15) is 0 Å². The molecule has 0 bridgehead atoms. The zero-order valence-corrected chi connectivity index (χ0v) is 10.8. The fourth-order valence-corrected chi connectivity index (χ4v) is 1.67. The summed E-state index contributed by atoms with van der Waals surface area (Å²) in [5.74, 6) is -0.0532. The SMILES string of the molecule is CC(C)(C)C(=O)NCCC(=O)N1CC[C@H](O)C1. The summed E-state index contributed by atoms with van der Waals surface area (Å²) in [6.07, 6.45) is 0.567.